The molecule has 0 radical (unpaired) electrons. The second-order valence-corrected chi connectivity index (χ2v) is 4.01. The Labute approximate surface area is 56.4 Å². The fraction of sp³-hybridized carbons (Fsp3) is 0.875. The summed E-state index contributed by atoms with van der Waals surface area (Å²) in [5, 5.41) is 0. The summed E-state index contributed by atoms with van der Waals surface area (Å²) in [4.78, 5) is 10.2. The topological polar surface area (TPSA) is 17.1 Å². The summed E-state index contributed by atoms with van der Waals surface area (Å²) in [7, 11) is 0. The first-order valence-corrected chi connectivity index (χ1v) is 3.51. The van der Waals surface area contributed by atoms with Gasteiger partial charge >= 0.3 is 0 Å². The average molecular weight is 126 g/mol. The van der Waals surface area contributed by atoms with Crippen LogP contribution in [0.1, 0.15) is 27.2 Å². The van der Waals surface area contributed by atoms with Gasteiger partial charge in [-0.15, -0.1) is 0 Å². The molecule has 0 aromatic heterocycles. The maximum atomic E-state index is 10.2. The lowest BCUT2D eigenvalue weighted by atomic mass is 9.89. The molecule has 0 bridgehead atoms. The van der Waals surface area contributed by atoms with Gasteiger partial charge in [0.05, 0.1) is 0 Å². The van der Waals surface area contributed by atoms with Gasteiger partial charge < -0.3 is 4.79 Å². The predicted octanol–water partition coefficient (Wildman–Crippen LogP) is 1.87. The molecule has 1 aliphatic carbocycles. The van der Waals surface area contributed by atoms with Gasteiger partial charge in [0.15, 0.2) is 0 Å². The molecule has 0 spiro atoms. The van der Waals surface area contributed by atoms with Crippen molar-refractivity contribution in [1.82, 2.24) is 0 Å². The molecule has 0 aromatic rings. The van der Waals surface area contributed by atoms with E-state index in [1.54, 1.807) is 0 Å². The number of carbonyl (C=O) groups excluding carboxylic acids is 1. The second kappa shape index (κ2) is 1.83. The predicted molar refractivity (Wildman–Crippen MR) is 37.1 cm³/mol. The summed E-state index contributed by atoms with van der Waals surface area (Å²) in [6.07, 6.45) is 2.21. The number of hydrogen-bond acceptors (Lipinski definition) is 1. The van der Waals surface area contributed by atoms with E-state index in [-0.39, 0.29) is 0 Å². The first-order chi connectivity index (χ1) is 4.05. The van der Waals surface area contributed by atoms with Crippen LogP contribution in [0.4, 0.5) is 0 Å². The molecule has 2 atom stereocenters. The van der Waals surface area contributed by atoms with Crippen LogP contribution in [-0.4, -0.2) is 6.29 Å². The molecule has 0 N–H and O–H groups in total. The van der Waals surface area contributed by atoms with Gasteiger partial charge in [-0.3, -0.25) is 0 Å². The minimum absolute atomic E-state index is 0.353. The Kier molecular flexibility index (Phi) is 1.38. The van der Waals surface area contributed by atoms with Crippen LogP contribution in [0.2, 0.25) is 0 Å². The molecule has 1 aliphatic rings. The highest BCUT2D eigenvalue weighted by molar-refractivity contribution is 5.58. The zero-order valence-electron chi connectivity index (χ0n) is 6.35. The Bertz CT molecular complexity index is 121. The second-order valence-electron chi connectivity index (χ2n) is 4.01. The van der Waals surface area contributed by atoms with Gasteiger partial charge in [0, 0.05) is 5.92 Å². The van der Waals surface area contributed by atoms with E-state index in [1.165, 1.54) is 0 Å². The molecule has 52 valence electrons. The molecule has 0 saturated heterocycles. The van der Waals surface area contributed by atoms with Crippen LogP contribution in [0.15, 0.2) is 0 Å². The lowest BCUT2D eigenvalue weighted by Gasteiger charge is -2.16. The lowest BCUT2D eigenvalue weighted by molar-refractivity contribution is -0.109. The number of aldehydes is 1. The third-order valence-corrected chi connectivity index (χ3v) is 2.13. The van der Waals surface area contributed by atoms with Crippen molar-refractivity contribution in [2.24, 2.45) is 17.3 Å². The summed E-state index contributed by atoms with van der Waals surface area (Å²) in [6.45, 7) is 6.59. The largest absolute Gasteiger partial charge is 0.303 e. The molecular formula is C8H14O. The van der Waals surface area contributed by atoms with Gasteiger partial charge in [0.2, 0.25) is 0 Å². The van der Waals surface area contributed by atoms with Gasteiger partial charge in [-0.2, -0.15) is 0 Å². The zero-order chi connectivity index (χ0) is 7.07. The quantitative estimate of drug-likeness (QED) is 0.490. The third-order valence-electron chi connectivity index (χ3n) is 2.13. The standard InChI is InChI=1S/C8H14O/c1-8(2,3)7-4-6(7)5-9/h5-7H,4H2,1-3H3/t6-,7-/m0/s1. The summed E-state index contributed by atoms with van der Waals surface area (Å²) < 4.78 is 0. The van der Waals surface area contributed by atoms with Crippen LogP contribution < -0.4 is 0 Å². The maximum absolute atomic E-state index is 10.2. The lowest BCUT2D eigenvalue weighted by Crippen LogP contribution is -2.09. The van der Waals surface area contributed by atoms with E-state index in [4.69, 9.17) is 0 Å². The van der Waals surface area contributed by atoms with Crippen LogP contribution in [-0.2, 0) is 4.79 Å². The molecule has 9 heavy (non-hydrogen) atoms. The summed E-state index contributed by atoms with van der Waals surface area (Å²) in [6, 6.07) is 0. The van der Waals surface area contributed by atoms with Crippen molar-refractivity contribution in [3.63, 3.8) is 0 Å². The Morgan fingerprint density at radius 1 is 1.44 bits per heavy atom. The van der Waals surface area contributed by atoms with Crippen LogP contribution in [0.25, 0.3) is 0 Å². The Balaban J connectivity index is 2.42. The monoisotopic (exact) mass is 126 g/mol. The zero-order valence-corrected chi connectivity index (χ0v) is 6.35. The number of rotatable bonds is 1. The SMILES string of the molecule is CC(C)(C)[C@H]1C[C@H]1C=O. The van der Waals surface area contributed by atoms with Crippen LogP contribution in [0.3, 0.4) is 0 Å². The molecule has 0 amide bonds. The minimum atomic E-state index is 0.353. The Morgan fingerprint density at radius 2 is 2.00 bits per heavy atom. The minimum Gasteiger partial charge on any atom is -0.303 e. The van der Waals surface area contributed by atoms with Crippen molar-refractivity contribution in [1.29, 1.82) is 0 Å². The average Bonchev–Trinajstić information content (AvgIpc) is 2.39. The number of hydrogen-bond donors (Lipinski definition) is 0. The molecule has 1 rings (SSSR count). The van der Waals surface area contributed by atoms with E-state index in [0.717, 1.165) is 12.7 Å². The van der Waals surface area contributed by atoms with Gasteiger partial charge in [-0.25, -0.2) is 0 Å². The van der Waals surface area contributed by atoms with Gasteiger partial charge in [-0.1, -0.05) is 20.8 Å². The van der Waals surface area contributed by atoms with E-state index in [1.807, 2.05) is 0 Å². The maximum Gasteiger partial charge on any atom is 0.123 e. The Morgan fingerprint density at radius 3 is 2.11 bits per heavy atom. The summed E-state index contributed by atoms with van der Waals surface area (Å²) >= 11 is 0. The molecule has 0 heterocycles. The molecular weight excluding hydrogens is 112 g/mol. The van der Waals surface area contributed by atoms with Crippen LogP contribution in [0, 0.1) is 17.3 Å². The van der Waals surface area contributed by atoms with Gasteiger partial charge in [0.25, 0.3) is 0 Å². The van der Waals surface area contributed by atoms with Crippen LogP contribution >= 0.6 is 0 Å². The van der Waals surface area contributed by atoms with E-state index < -0.39 is 0 Å². The van der Waals surface area contributed by atoms with E-state index in [2.05, 4.69) is 20.8 Å². The highest BCUT2D eigenvalue weighted by Crippen LogP contribution is 2.49. The smallest absolute Gasteiger partial charge is 0.123 e. The van der Waals surface area contributed by atoms with E-state index in [9.17, 15) is 4.79 Å². The third kappa shape index (κ3) is 1.32. The highest BCUT2D eigenvalue weighted by Gasteiger charge is 2.44. The highest BCUT2D eigenvalue weighted by atomic mass is 16.1. The first-order valence-electron chi connectivity index (χ1n) is 3.51. The number of carbonyl (C=O) groups is 1. The van der Waals surface area contributed by atoms with E-state index in [0.29, 0.717) is 17.3 Å². The molecule has 1 saturated carbocycles. The molecule has 0 aliphatic heterocycles. The molecule has 1 nitrogen and oxygen atoms in total. The van der Waals surface area contributed by atoms with Crippen LogP contribution in [0.5, 0.6) is 0 Å². The van der Waals surface area contributed by atoms with Crippen molar-refractivity contribution in [2.45, 2.75) is 27.2 Å². The fourth-order valence-corrected chi connectivity index (χ4v) is 1.36. The first kappa shape index (κ1) is 6.79. The van der Waals surface area contributed by atoms with Gasteiger partial charge in [0.1, 0.15) is 6.29 Å². The van der Waals surface area contributed by atoms with Crippen molar-refractivity contribution in [2.75, 3.05) is 0 Å². The van der Waals surface area contributed by atoms with E-state index >= 15 is 0 Å². The van der Waals surface area contributed by atoms with Crippen molar-refractivity contribution in [3.05, 3.63) is 0 Å². The fourth-order valence-electron chi connectivity index (χ4n) is 1.36. The van der Waals surface area contributed by atoms with Crippen molar-refractivity contribution >= 4 is 6.29 Å². The Hall–Kier alpha value is -0.330. The summed E-state index contributed by atoms with van der Waals surface area (Å²) in [5.41, 5.74) is 0.353. The molecule has 0 aromatic carbocycles. The molecule has 1 fully saturated rings. The summed E-state index contributed by atoms with van der Waals surface area (Å²) in [5.74, 6) is 1.04. The molecule has 1 heteroatoms. The normalized spacial score (nSPS) is 34.1. The van der Waals surface area contributed by atoms with Gasteiger partial charge in [-0.05, 0) is 17.8 Å². The molecule has 0 unspecified atom stereocenters. The van der Waals surface area contributed by atoms with Crippen molar-refractivity contribution in [3.8, 4) is 0 Å². The van der Waals surface area contributed by atoms with Crippen molar-refractivity contribution < 1.29 is 4.79 Å².